The molecule has 2 aromatic rings. The van der Waals surface area contributed by atoms with E-state index in [4.69, 9.17) is 34.8 Å². The Bertz CT molecular complexity index is 691. The van der Waals surface area contributed by atoms with Crippen molar-refractivity contribution in [2.24, 2.45) is 0 Å². The van der Waals surface area contributed by atoms with Crippen LogP contribution in [0.4, 0.5) is 5.69 Å². The van der Waals surface area contributed by atoms with E-state index in [1.807, 2.05) is 31.2 Å². The SMILES string of the molecule is Cc1ccc(NC(=O)CSCc2ccc(Cl)c(Cl)c2)c(Cl)c1. The maximum Gasteiger partial charge on any atom is 0.234 e. The highest BCUT2D eigenvalue weighted by atomic mass is 35.5. The minimum atomic E-state index is -0.0872. The van der Waals surface area contributed by atoms with Crippen molar-refractivity contribution in [2.45, 2.75) is 12.7 Å². The number of aryl methyl sites for hydroxylation is 1. The Kier molecular flexibility index (Phi) is 6.45. The number of nitrogens with one attached hydrogen (secondary N) is 1. The van der Waals surface area contributed by atoms with Crippen LogP contribution in [0, 0.1) is 6.92 Å². The minimum absolute atomic E-state index is 0.0872. The molecule has 0 saturated heterocycles. The first kappa shape index (κ1) is 17.5. The predicted octanol–water partition coefficient (Wildman–Crippen LogP) is 5.83. The molecule has 0 radical (unpaired) electrons. The fraction of sp³-hybridized carbons (Fsp3) is 0.188. The zero-order chi connectivity index (χ0) is 16.1. The van der Waals surface area contributed by atoms with E-state index in [9.17, 15) is 4.79 Å². The summed E-state index contributed by atoms with van der Waals surface area (Å²) in [5.41, 5.74) is 2.71. The van der Waals surface area contributed by atoms with Gasteiger partial charge in [0, 0.05) is 5.75 Å². The van der Waals surface area contributed by atoms with Crippen LogP contribution in [0.2, 0.25) is 15.1 Å². The summed E-state index contributed by atoms with van der Waals surface area (Å²) in [4.78, 5) is 11.9. The van der Waals surface area contributed by atoms with Crippen molar-refractivity contribution in [3.63, 3.8) is 0 Å². The maximum absolute atomic E-state index is 11.9. The summed E-state index contributed by atoms with van der Waals surface area (Å²) >= 11 is 19.4. The van der Waals surface area contributed by atoms with Gasteiger partial charge in [0.15, 0.2) is 0 Å². The van der Waals surface area contributed by atoms with Gasteiger partial charge >= 0.3 is 0 Å². The largest absolute Gasteiger partial charge is 0.324 e. The van der Waals surface area contributed by atoms with Gasteiger partial charge in [0.2, 0.25) is 5.91 Å². The first-order valence-electron chi connectivity index (χ1n) is 6.53. The number of halogens is 3. The molecule has 6 heteroatoms. The number of thioether (sulfide) groups is 1. The molecule has 0 heterocycles. The highest BCUT2D eigenvalue weighted by Gasteiger charge is 2.07. The highest BCUT2D eigenvalue weighted by molar-refractivity contribution is 7.99. The van der Waals surface area contributed by atoms with Crippen molar-refractivity contribution >= 4 is 58.2 Å². The molecule has 0 aliphatic heterocycles. The van der Waals surface area contributed by atoms with Crippen LogP contribution < -0.4 is 5.32 Å². The molecule has 0 fully saturated rings. The van der Waals surface area contributed by atoms with Gasteiger partial charge in [-0.2, -0.15) is 0 Å². The third kappa shape index (κ3) is 5.10. The van der Waals surface area contributed by atoms with E-state index in [1.54, 1.807) is 12.1 Å². The number of anilines is 1. The van der Waals surface area contributed by atoms with Crippen LogP contribution >= 0.6 is 46.6 Å². The van der Waals surface area contributed by atoms with E-state index in [1.165, 1.54) is 11.8 Å². The molecule has 1 N–H and O–H groups in total. The topological polar surface area (TPSA) is 29.1 Å². The lowest BCUT2D eigenvalue weighted by atomic mass is 10.2. The molecule has 0 aliphatic carbocycles. The van der Waals surface area contributed by atoms with Crippen LogP contribution in [0.3, 0.4) is 0 Å². The van der Waals surface area contributed by atoms with Crippen molar-refractivity contribution in [2.75, 3.05) is 11.1 Å². The van der Waals surface area contributed by atoms with Gasteiger partial charge in [0.1, 0.15) is 0 Å². The fourth-order valence-electron chi connectivity index (χ4n) is 1.80. The lowest BCUT2D eigenvalue weighted by Gasteiger charge is -2.08. The lowest BCUT2D eigenvalue weighted by Crippen LogP contribution is -2.14. The summed E-state index contributed by atoms with van der Waals surface area (Å²) in [5.74, 6) is 0.937. The lowest BCUT2D eigenvalue weighted by molar-refractivity contribution is -0.113. The number of carbonyl (C=O) groups excluding carboxylic acids is 1. The second-order valence-corrected chi connectivity index (χ2v) is 6.98. The Balaban J connectivity index is 1.83. The number of hydrogen-bond donors (Lipinski definition) is 1. The molecule has 0 unspecified atom stereocenters. The minimum Gasteiger partial charge on any atom is -0.324 e. The van der Waals surface area contributed by atoms with Gasteiger partial charge < -0.3 is 5.32 Å². The van der Waals surface area contributed by atoms with Crippen LogP contribution in [-0.4, -0.2) is 11.7 Å². The number of hydrogen-bond acceptors (Lipinski definition) is 2. The van der Waals surface area contributed by atoms with E-state index in [0.717, 1.165) is 11.1 Å². The third-order valence-electron chi connectivity index (χ3n) is 2.88. The predicted molar refractivity (Wildman–Crippen MR) is 97.4 cm³/mol. The quantitative estimate of drug-likeness (QED) is 0.713. The summed E-state index contributed by atoms with van der Waals surface area (Å²) < 4.78 is 0. The summed E-state index contributed by atoms with van der Waals surface area (Å²) in [6, 6.07) is 11.0. The second kappa shape index (κ2) is 8.11. The molecule has 0 saturated carbocycles. The molecule has 2 rings (SSSR count). The number of benzene rings is 2. The zero-order valence-electron chi connectivity index (χ0n) is 11.8. The Labute approximate surface area is 149 Å². The molecule has 2 nitrogen and oxygen atoms in total. The number of carbonyl (C=O) groups is 1. The van der Waals surface area contributed by atoms with Crippen LogP contribution in [-0.2, 0) is 10.5 Å². The summed E-state index contributed by atoms with van der Waals surface area (Å²) in [6.07, 6.45) is 0. The van der Waals surface area contributed by atoms with Crippen molar-refractivity contribution in [3.05, 3.63) is 62.6 Å². The fourth-order valence-corrected chi connectivity index (χ4v) is 3.18. The van der Waals surface area contributed by atoms with E-state index in [-0.39, 0.29) is 5.91 Å². The van der Waals surface area contributed by atoms with Crippen LogP contribution in [0.5, 0.6) is 0 Å². The summed E-state index contributed by atoms with van der Waals surface area (Å²) in [6.45, 7) is 1.95. The van der Waals surface area contributed by atoms with Gasteiger partial charge in [-0.25, -0.2) is 0 Å². The average Bonchev–Trinajstić information content (AvgIpc) is 2.46. The molecular weight excluding hydrogens is 361 g/mol. The van der Waals surface area contributed by atoms with Crippen LogP contribution in [0.15, 0.2) is 36.4 Å². The maximum atomic E-state index is 11.9. The van der Waals surface area contributed by atoms with Crippen molar-refractivity contribution in [1.29, 1.82) is 0 Å². The third-order valence-corrected chi connectivity index (χ3v) is 4.94. The Morgan fingerprint density at radius 3 is 2.50 bits per heavy atom. The Morgan fingerprint density at radius 1 is 1.05 bits per heavy atom. The molecular formula is C16H14Cl3NOS. The first-order chi connectivity index (χ1) is 10.5. The van der Waals surface area contributed by atoms with E-state index in [0.29, 0.717) is 32.3 Å². The van der Waals surface area contributed by atoms with E-state index in [2.05, 4.69) is 5.32 Å². The van der Waals surface area contributed by atoms with Crippen molar-refractivity contribution in [1.82, 2.24) is 0 Å². The zero-order valence-corrected chi connectivity index (χ0v) is 14.9. The van der Waals surface area contributed by atoms with Gasteiger partial charge in [-0.3, -0.25) is 4.79 Å². The number of amides is 1. The molecule has 0 aromatic heterocycles. The standard InChI is InChI=1S/C16H14Cl3NOS/c1-10-2-5-15(14(19)6-10)20-16(21)9-22-8-11-3-4-12(17)13(18)7-11/h2-7H,8-9H2,1H3,(H,20,21). The normalized spacial score (nSPS) is 10.5. The highest BCUT2D eigenvalue weighted by Crippen LogP contribution is 2.25. The molecule has 0 aliphatic rings. The monoisotopic (exact) mass is 373 g/mol. The summed E-state index contributed by atoms with van der Waals surface area (Å²) in [7, 11) is 0. The number of rotatable bonds is 5. The van der Waals surface area contributed by atoms with Gasteiger partial charge in [0.25, 0.3) is 0 Å². The van der Waals surface area contributed by atoms with Gasteiger partial charge in [-0.05, 0) is 42.3 Å². The van der Waals surface area contributed by atoms with Crippen molar-refractivity contribution in [3.8, 4) is 0 Å². The van der Waals surface area contributed by atoms with Crippen LogP contribution in [0.25, 0.3) is 0 Å². The van der Waals surface area contributed by atoms with Gasteiger partial charge in [-0.15, -0.1) is 11.8 Å². The average molecular weight is 375 g/mol. The second-order valence-electron chi connectivity index (χ2n) is 4.77. The molecule has 1 amide bonds. The van der Waals surface area contributed by atoms with E-state index >= 15 is 0 Å². The Hall–Kier alpha value is -0.870. The molecule has 116 valence electrons. The van der Waals surface area contributed by atoms with Gasteiger partial charge in [0.05, 0.1) is 26.5 Å². The van der Waals surface area contributed by atoms with Gasteiger partial charge in [-0.1, -0.05) is 46.9 Å². The molecule has 0 atom stereocenters. The first-order valence-corrected chi connectivity index (χ1v) is 8.82. The molecule has 0 bridgehead atoms. The Morgan fingerprint density at radius 2 is 1.82 bits per heavy atom. The van der Waals surface area contributed by atoms with E-state index < -0.39 is 0 Å². The smallest absolute Gasteiger partial charge is 0.234 e. The van der Waals surface area contributed by atoms with Crippen LogP contribution in [0.1, 0.15) is 11.1 Å². The molecule has 2 aromatic carbocycles. The molecule has 0 spiro atoms. The summed E-state index contributed by atoms with van der Waals surface area (Å²) in [5, 5.41) is 4.40. The van der Waals surface area contributed by atoms with Crippen molar-refractivity contribution < 1.29 is 4.79 Å². The molecule has 22 heavy (non-hydrogen) atoms.